The number of benzene rings is 1. The van der Waals surface area contributed by atoms with E-state index in [0.29, 0.717) is 10.3 Å². The molecule has 1 heterocycles. The average Bonchev–Trinajstić information content (AvgIpc) is 2.42. The second-order valence-electron chi connectivity index (χ2n) is 2.55. The Labute approximate surface area is 83.2 Å². The molecule has 68 valence electrons. The molecule has 1 aromatic heterocycles. The summed E-state index contributed by atoms with van der Waals surface area (Å²) in [5.74, 6) is -0.265. The van der Waals surface area contributed by atoms with Crippen molar-refractivity contribution in [3.05, 3.63) is 24.0 Å². The zero-order valence-electron chi connectivity index (χ0n) is 6.87. The Morgan fingerprint density at radius 2 is 2.23 bits per heavy atom. The quantitative estimate of drug-likeness (QED) is 0.733. The topological polar surface area (TPSA) is 20.2 Å². The highest BCUT2D eigenvalue weighted by atomic mass is 32.2. The van der Waals surface area contributed by atoms with Crippen molar-refractivity contribution in [1.29, 1.82) is 0 Å². The van der Waals surface area contributed by atoms with Crippen molar-refractivity contribution in [1.82, 2.24) is 0 Å². The Bertz CT molecular complexity index is 450. The Hall–Kier alpha value is -0.740. The lowest BCUT2D eigenvalue weighted by atomic mass is 10.2. The van der Waals surface area contributed by atoms with Crippen LogP contribution in [-0.2, 0) is 0 Å². The molecule has 0 radical (unpaired) electrons. The number of thioether (sulfide) groups is 1. The number of fused-ring (bicyclic) bond motifs is 1. The Balaban J connectivity index is 2.88. The summed E-state index contributed by atoms with van der Waals surface area (Å²) >= 11 is 2.58. The van der Waals surface area contributed by atoms with E-state index in [4.69, 9.17) is 0 Å². The fourth-order valence-electron chi connectivity index (χ4n) is 1.26. The van der Waals surface area contributed by atoms with Crippen LogP contribution in [0.2, 0.25) is 0 Å². The van der Waals surface area contributed by atoms with Crippen molar-refractivity contribution in [2.75, 3.05) is 6.26 Å². The van der Waals surface area contributed by atoms with E-state index in [-0.39, 0.29) is 10.9 Å². The third-order valence-electron chi connectivity index (χ3n) is 1.81. The first-order valence-electron chi connectivity index (χ1n) is 3.68. The minimum Gasteiger partial charge on any atom is -0.499 e. The predicted molar refractivity (Wildman–Crippen MR) is 55.2 cm³/mol. The van der Waals surface area contributed by atoms with Gasteiger partial charge in [0, 0.05) is 10.1 Å². The first kappa shape index (κ1) is 8.84. The number of thiophene rings is 1. The molecule has 4 heteroatoms. The van der Waals surface area contributed by atoms with Crippen LogP contribution in [0.25, 0.3) is 10.1 Å². The van der Waals surface area contributed by atoms with E-state index in [1.54, 1.807) is 6.07 Å². The first-order valence-corrected chi connectivity index (χ1v) is 5.72. The van der Waals surface area contributed by atoms with Crippen molar-refractivity contribution in [2.24, 2.45) is 0 Å². The van der Waals surface area contributed by atoms with Crippen LogP contribution < -0.4 is 0 Å². The molecule has 1 nitrogen and oxygen atoms in total. The van der Waals surface area contributed by atoms with Gasteiger partial charge in [-0.1, -0.05) is 17.4 Å². The highest BCUT2D eigenvalue weighted by Gasteiger charge is 2.13. The van der Waals surface area contributed by atoms with Crippen molar-refractivity contribution < 1.29 is 9.50 Å². The molecule has 13 heavy (non-hydrogen) atoms. The van der Waals surface area contributed by atoms with Crippen LogP contribution in [0.4, 0.5) is 4.39 Å². The standard InChI is InChI=1S/C9H7FOS2/c1-12-8-7-5(10)3-2-4-6(7)13-9(8)11/h2-4,11H,1H3. The molecule has 1 aromatic carbocycles. The van der Waals surface area contributed by atoms with Crippen LogP contribution in [0.1, 0.15) is 0 Å². The molecular formula is C9H7FOS2. The lowest BCUT2D eigenvalue weighted by Crippen LogP contribution is -1.75. The third-order valence-corrected chi connectivity index (χ3v) is 3.70. The fourth-order valence-corrected chi connectivity index (χ4v) is 3.13. The van der Waals surface area contributed by atoms with Gasteiger partial charge in [-0.15, -0.1) is 11.8 Å². The van der Waals surface area contributed by atoms with Gasteiger partial charge in [0.25, 0.3) is 0 Å². The minimum absolute atomic E-state index is 0.201. The highest BCUT2D eigenvalue weighted by Crippen LogP contribution is 2.42. The lowest BCUT2D eigenvalue weighted by Gasteiger charge is -1.95. The summed E-state index contributed by atoms with van der Waals surface area (Å²) in [7, 11) is 0. The van der Waals surface area contributed by atoms with Crippen molar-refractivity contribution in [2.45, 2.75) is 4.90 Å². The van der Waals surface area contributed by atoms with Gasteiger partial charge in [0.1, 0.15) is 5.82 Å². The van der Waals surface area contributed by atoms with Crippen LogP contribution in [0, 0.1) is 5.82 Å². The molecule has 0 spiro atoms. The molecule has 0 aliphatic carbocycles. The van der Waals surface area contributed by atoms with Crippen LogP contribution in [-0.4, -0.2) is 11.4 Å². The largest absolute Gasteiger partial charge is 0.499 e. The second-order valence-corrected chi connectivity index (χ2v) is 4.40. The molecule has 0 saturated heterocycles. The Kier molecular flexibility index (Phi) is 2.17. The molecule has 0 aliphatic heterocycles. The van der Waals surface area contributed by atoms with Crippen molar-refractivity contribution in [3.8, 4) is 5.06 Å². The van der Waals surface area contributed by atoms with Crippen LogP contribution >= 0.6 is 23.1 Å². The van der Waals surface area contributed by atoms with E-state index < -0.39 is 0 Å². The number of hydrogen-bond acceptors (Lipinski definition) is 3. The van der Waals surface area contributed by atoms with Gasteiger partial charge < -0.3 is 5.11 Å². The molecule has 0 aliphatic rings. The van der Waals surface area contributed by atoms with Gasteiger partial charge in [0.15, 0.2) is 5.06 Å². The maximum atomic E-state index is 13.3. The van der Waals surface area contributed by atoms with Gasteiger partial charge in [0.2, 0.25) is 0 Å². The van der Waals surface area contributed by atoms with E-state index in [2.05, 4.69) is 0 Å². The van der Waals surface area contributed by atoms with E-state index in [1.165, 1.54) is 29.2 Å². The van der Waals surface area contributed by atoms with Crippen LogP contribution in [0.3, 0.4) is 0 Å². The molecule has 0 atom stereocenters. The minimum atomic E-state index is -0.265. The van der Waals surface area contributed by atoms with Crippen LogP contribution in [0.5, 0.6) is 5.06 Å². The summed E-state index contributed by atoms with van der Waals surface area (Å²) < 4.78 is 14.1. The molecular weight excluding hydrogens is 207 g/mol. The van der Waals surface area contributed by atoms with Gasteiger partial charge in [-0.2, -0.15) is 0 Å². The van der Waals surface area contributed by atoms with Gasteiger partial charge in [-0.05, 0) is 18.4 Å². The van der Waals surface area contributed by atoms with Gasteiger partial charge in [-0.25, -0.2) is 4.39 Å². The van der Waals surface area contributed by atoms with E-state index in [0.717, 1.165) is 4.70 Å². The summed E-state index contributed by atoms with van der Waals surface area (Å²) in [6, 6.07) is 4.87. The van der Waals surface area contributed by atoms with E-state index >= 15 is 0 Å². The first-order chi connectivity index (χ1) is 6.24. The number of rotatable bonds is 1. The maximum absolute atomic E-state index is 13.3. The Morgan fingerprint density at radius 3 is 2.92 bits per heavy atom. The molecule has 0 amide bonds. The summed E-state index contributed by atoms with van der Waals surface area (Å²) in [6.45, 7) is 0. The molecule has 0 unspecified atom stereocenters. The molecule has 0 bridgehead atoms. The fraction of sp³-hybridized carbons (Fsp3) is 0.111. The van der Waals surface area contributed by atoms with Gasteiger partial charge >= 0.3 is 0 Å². The zero-order chi connectivity index (χ0) is 9.42. The van der Waals surface area contributed by atoms with Crippen molar-refractivity contribution in [3.63, 3.8) is 0 Å². The Morgan fingerprint density at radius 1 is 1.46 bits per heavy atom. The molecule has 0 saturated carbocycles. The third kappa shape index (κ3) is 1.30. The molecule has 2 rings (SSSR count). The number of halogens is 1. The van der Waals surface area contributed by atoms with Gasteiger partial charge in [0.05, 0.1) is 4.90 Å². The van der Waals surface area contributed by atoms with Crippen LogP contribution in [0.15, 0.2) is 23.1 Å². The smallest absolute Gasteiger partial charge is 0.186 e. The summed E-state index contributed by atoms with van der Waals surface area (Å²) in [5, 5.41) is 10.2. The van der Waals surface area contributed by atoms with Gasteiger partial charge in [-0.3, -0.25) is 0 Å². The van der Waals surface area contributed by atoms with E-state index in [9.17, 15) is 9.50 Å². The monoisotopic (exact) mass is 214 g/mol. The average molecular weight is 214 g/mol. The normalized spacial score (nSPS) is 10.9. The molecule has 0 fully saturated rings. The maximum Gasteiger partial charge on any atom is 0.186 e. The summed E-state index contributed by atoms with van der Waals surface area (Å²) in [5.41, 5.74) is 0. The predicted octanol–water partition coefficient (Wildman–Crippen LogP) is 3.47. The SMILES string of the molecule is CSc1c(O)sc2cccc(F)c12. The number of aromatic hydroxyl groups is 1. The highest BCUT2D eigenvalue weighted by molar-refractivity contribution is 7.99. The van der Waals surface area contributed by atoms with Crippen molar-refractivity contribution >= 4 is 33.2 Å². The van der Waals surface area contributed by atoms with E-state index in [1.807, 2.05) is 12.3 Å². The lowest BCUT2D eigenvalue weighted by molar-refractivity contribution is 0.480. The number of hydrogen-bond donors (Lipinski definition) is 1. The summed E-state index contributed by atoms with van der Waals surface area (Å²) in [4.78, 5) is 0.637. The molecule has 2 aromatic rings. The summed E-state index contributed by atoms with van der Waals surface area (Å²) in [6.07, 6.45) is 1.83. The second kappa shape index (κ2) is 3.20. The zero-order valence-corrected chi connectivity index (χ0v) is 8.51. The molecule has 1 N–H and O–H groups in total.